The molecule has 0 radical (unpaired) electrons. The van der Waals surface area contributed by atoms with Crippen LogP contribution in [0.3, 0.4) is 0 Å². The number of hydrogen-bond acceptors (Lipinski definition) is 1. The summed E-state index contributed by atoms with van der Waals surface area (Å²) in [5.74, 6) is 0. The Bertz CT molecular complexity index is 158. The van der Waals surface area contributed by atoms with Crippen molar-refractivity contribution in [3.63, 3.8) is 0 Å². The summed E-state index contributed by atoms with van der Waals surface area (Å²) < 4.78 is 5.55. The molecule has 3 unspecified atom stereocenters. The molecule has 1 aliphatic rings. The normalized spacial score (nSPS) is 51.5. The van der Waals surface area contributed by atoms with Crippen LogP contribution in [-0.2, 0) is 4.74 Å². The van der Waals surface area contributed by atoms with Gasteiger partial charge in [0.25, 0.3) is 0 Å². The summed E-state index contributed by atoms with van der Waals surface area (Å²) in [4.78, 5) is -0.397. The van der Waals surface area contributed by atoms with Crippen LogP contribution in [-0.4, -0.2) is 16.0 Å². The monoisotopic (exact) mass is 196 g/mol. The molecule has 0 saturated carbocycles. The number of halogens is 2. The fourth-order valence-electron chi connectivity index (χ4n) is 1.43. The van der Waals surface area contributed by atoms with E-state index in [4.69, 9.17) is 27.9 Å². The van der Waals surface area contributed by atoms with Crippen molar-refractivity contribution in [2.75, 3.05) is 0 Å². The molecule has 0 N–H and O–H groups in total. The van der Waals surface area contributed by atoms with Crippen LogP contribution in [0, 0.1) is 0 Å². The Labute approximate surface area is 78.0 Å². The Morgan fingerprint density at radius 1 is 1.55 bits per heavy atom. The lowest BCUT2D eigenvalue weighted by Gasteiger charge is -2.20. The Kier molecular flexibility index (Phi) is 2.44. The van der Waals surface area contributed by atoms with Crippen LogP contribution in [0.1, 0.15) is 33.6 Å². The van der Waals surface area contributed by atoms with Crippen molar-refractivity contribution in [1.82, 2.24) is 0 Å². The van der Waals surface area contributed by atoms with Gasteiger partial charge >= 0.3 is 0 Å². The van der Waals surface area contributed by atoms with Crippen molar-refractivity contribution >= 4 is 23.2 Å². The highest BCUT2D eigenvalue weighted by atomic mass is 35.5. The maximum atomic E-state index is 6.12. The van der Waals surface area contributed by atoms with Crippen molar-refractivity contribution < 1.29 is 4.74 Å². The second kappa shape index (κ2) is 2.79. The molecule has 66 valence electrons. The summed E-state index contributed by atoms with van der Waals surface area (Å²) in [6.07, 6.45) is 1.78. The van der Waals surface area contributed by atoms with E-state index in [0.29, 0.717) is 0 Å². The molecule has 3 heteroatoms. The summed E-state index contributed by atoms with van der Waals surface area (Å²) in [6.45, 7) is 6.06. The van der Waals surface area contributed by atoms with Gasteiger partial charge in [-0.1, -0.05) is 18.5 Å². The van der Waals surface area contributed by atoms with E-state index in [-0.39, 0.29) is 11.2 Å². The first-order valence-electron chi connectivity index (χ1n) is 3.90. The largest absolute Gasteiger partial charge is 0.354 e. The Balaban J connectivity index is 2.71. The van der Waals surface area contributed by atoms with Gasteiger partial charge in [0, 0.05) is 0 Å². The predicted octanol–water partition coefficient (Wildman–Crippen LogP) is 3.14. The summed E-state index contributed by atoms with van der Waals surface area (Å²) >= 11 is 12.0. The van der Waals surface area contributed by atoms with E-state index < -0.39 is 4.87 Å². The van der Waals surface area contributed by atoms with E-state index in [1.807, 2.05) is 6.92 Å². The molecule has 3 atom stereocenters. The van der Waals surface area contributed by atoms with Crippen molar-refractivity contribution in [2.24, 2.45) is 0 Å². The molecule has 0 aromatic carbocycles. The lowest BCUT2D eigenvalue weighted by molar-refractivity contribution is -0.000445. The highest BCUT2D eigenvalue weighted by Crippen LogP contribution is 2.45. The lowest BCUT2D eigenvalue weighted by Crippen LogP contribution is -2.24. The minimum atomic E-state index is -0.397. The second-order valence-electron chi connectivity index (χ2n) is 3.69. The van der Waals surface area contributed by atoms with Crippen molar-refractivity contribution in [3.05, 3.63) is 0 Å². The number of rotatable bonds is 1. The van der Waals surface area contributed by atoms with Crippen molar-refractivity contribution in [1.29, 1.82) is 0 Å². The molecule has 1 saturated heterocycles. The van der Waals surface area contributed by atoms with Crippen LogP contribution in [0.5, 0.6) is 0 Å². The third-order valence-electron chi connectivity index (χ3n) is 2.33. The fraction of sp³-hybridized carbons (Fsp3) is 1.00. The zero-order valence-corrected chi connectivity index (χ0v) is 8.67. The van der Waals surface area contributed by atoms with Crippen LogP contribution in [0.15, 0.2) is 0 Å². The molecule has 11 heavy (non-hydrogen) atoms. The highest BCUT2D eigenvalue weighted by molar-refractivity contribution is 6.32. The average molecular weight is 197 g/mol. The first-order valence-corrected chi connectivity index (χ1v) is 4.72. The van der Waals surface area contributed by atoms with E-state index in [1.165, 1.54) is 0 Å². The van der Waals surface area contributed by atoms with Crippen LogP contribution < -0.4 is 0 Å². The predicted molar refractivity (Wildman–Crippen MR) is 48.3 cm³/mol. The first-order chi connectivity index (χ1) is 4.90. The van der Waals surface area contributed by atoms with Gasteiger partial charge in [-0.15, -0.1) is 11.6 Å². The van der Waals surface area contributed by atoms with Gasteiger partial charge in [-0.3, -0.25) is 0 Å². The highest BCUT2D eigenvalue weighted by Gasteiger charge is 2.48. The van der Waals surface area contributed by atoms with E-state index in [9.17, 15) is 0 Å². The number of alkyl halides is 2. The number of hydrogen-bond donors (Lipinski definition) is 0. The molecule has 1 fully saturated rings. The van der Waals surface area contributed by atoms with E-state index in [1.54, 1.807) is 0 Å². The molecular formula is C8H14Cl2O. The first kappa shape index (κ1) is 9.63. The van der Waals surface area contributed by atoms with E-state index >= 15 is 0 Å². The third-order valence-corrected chi connectivity index (χ3v) is 3.34. The Morgan fingerprint density at radius 2 is 2.09 bits per heavy atom. The molecule has 0 aromatic heterocycles. The van der Waals surface area contributed by atoms with Crippen LogP contribution in [0.2, 0.25) is 0 Å². The zero-order chi connectivity index (χ0) is 8.70. The smallest absolute Gasteiger partial charge is 0.150 e. The van der Waals surface area contributed by atoms with Gasteiger partial charge in [0.2, 0.25) is 0 Å². The molecule has 1 heterocycles. The topological polar surface area (TPSA) is 9.23 Å². The quantitative estimate of drug-likeness (QED) is 0.586. The average Bonchev–Trinajstić information content (AvgIpc) is 2.04. The van der Waals surface area contributed by atoms with Gasteiger partial charge in [0.05, 0.1) is 10.5 Å². The Morgan fingerprint density at radius 3 is 2.27 bits per heavy atom. The van der Waals surface area contributed by atoms with Gasteiger partial charge in [-0.05, 0) is 26.7 Å². The third kappa shape index (κ3) is 1.82. The van der Waals surface area contributed by atoms with Crippen LogP contribution >= 0.6 is 23.2 Å². The molecule has 1 aliphatic heterocycles. The number of ether oxygens (including phenoxy) is 1. The molecule has 0 amide bonds. The minimum Gasteiger partial charge on any atom is -0.354 e. The molecule has 0 spiro atoms. The maximum Gasteiger partial charge on any atom is 0.150 e. The minimum absolute atomic E-state index is 0.122. The molecule has 0 aliphatic carbocycles. The second-order valence-corrected chi connectivity index (χ2v) is 4.95. The standard InChI is InChI=1S/C8H14Cl2O/c1-4-7(2)5-8(3,10)6(9)11-7/h6H,4-5H2,1-3H3. The molecule has 0 bridgehead atoms. The zero-order valence-electron chi connectivity index (χ0n) is 7.16. The SMILES string of the molecule is CCC1(C)CC(C)(Cl)C(Cl)O1. The van der Waals surface area contributed by atoms with Crippen LogP contribution in [0.25, 0.3) is 0 Å². The summed E-state index contributed by atoms with van der Waals surface area (Å²) in [5, 5.41) is 0. The summed E-state index contributed by atoms with van der Waals surface area (Å²) in [7, 11) is 0. The van der Waals surface area contributed by atoms with Crippen molar-refractivity contribution in [3.8, 4) is 0 Å². The van der Waals surface area contributed by atoms with Crippen molar-refractivity contribution in [2.45, 2.75) is 49.7 Å². The van der Waals surface area contributed by atoms with Gasteiger partial charge in [0.15, 0.2) is 5.56 Å². The van der Waals surface area contributed by atoms with Gasteiger partial charge < -0.3 is 4.74 Å². The fourth-order valence-corrected chi connectivity index (χ4v) is 2.05. The Hall–Kier alpha value is 0.540. The molecule has 0 aromatic rings. The van der Waals surface area contributed by atoms with Gasteiger partial charge in [-0.25, -0.2) is 0 Å². The maximum absolute atomic E-state index is 6.12. The molecular weight excluding hydrogens is 183 g/mol. The van der Waals surface area contributed by atoms with Crippen LogP contribution in [0.4, 0.5) is 0 Å². The summed E-state index contributed by atoms with van der Waals surface area (Å²) in [5.41, 5.74) is -0.475. The van der Waals surface area contributed by atoms with Gasteiger partial charge in [0.1, 0.15) is 0 Å². The molecule has 1 nitrogen and oxygen atoms in total. The molecule has 1 rings (SSSR count). The van der Waals surface area contributed by atoms with E-state index in [2.05, 4.69) is 13.8 Å². The van der Waals surface area contributed by atoms with Gasteiger partial charge in [-0.2, -0.15) is 0 Å². The lowest BCUT2D eigenvalue weighted by atomic mass is 9.94. The summed E-state index contributed by atoms with van der Waals surface area (Å²) in [6, 6.07) is 0. The van der Waals surface area contributed by atoms with E-state index in [0.717, 1.165) is 12.8 Å².